The quantitative estimate of drug-likeness (QED) is 0.340. The zero-order valence-electron chi connectivity index (χ0n) is 21.3. The summed E-state index contributed by atoms with van der Waals surface area (Å²) in [5, 5.41) is 12.7. The fourth-order valence-electron chi connectivity index (χ4n) is 5.59. The van der Waals surface area contributed by atoms with Crippen LogP contribution in [0.3, 0.4) is 0 Å². The first-order valence-electron chi connectivity index (χ1n) is 12.7. The highest BCUT2D eigenvalue weighted by molar-refractivity contribution is 6.24. The number of hydrogen-bond donors (Lipinski definition) is 3. The molecule has 0 saturated carbocycles. The van der Waals surface area contributed by atoms with Crippen LogP contribution in [0, 0.1) is 6.92 Å². The smallest absolute Gasteiger partial charge is 0.332 e. The number of rotatable bonds is 5. The third-order valence-corrected chi connectivity index (χ3v) is 7.55. The topological polar surface area (TPSA) is 123 Å². The third-order valence-electron chi connectivity index (χ3n) is 7.55. The Morgan fingerprint density at radius 1 is 1.00 bits per heavy atom. The van der Waals surface area contributed by atoms with Gasteiger partial charge in [0.15, 0.2) is 0 Å². The molecule has 196 valence electrons. The number of aromatic amines is 1. The van der Waals surface area contributed by atoms with Crippen molar-refractivity contribution in [3.05, 3.63) is 101 Å². The molecule has 4 amide bonds. The number of carbonyl (C=O) groups excluding carboxylic acids is 3. The number of carbonyl (C=O) groups is 4. The van der Waals surface area contributed by atoms with Crippen LogP contribution in [0.2, 0.25) is 0 Å². The number of H-pyrrole nitrogens is 1. The molecule has 1 saturated heterocycles. The summed E-state index contributed by atoms with van der Waals surface area (Å²) in [6, 6.07) is 19.0. The first kappa shape index (κ1) is 24.4. The van der Waals surface area contributed by atoms with Crippen LogP contribution in [-0.4, -0.2) is 50.9 Å². The number of benzene rings is 3. The first-order valence-corrected chi connectivity index (χ1v) is 12.7. The van der Waals surface area contributed by atoms with Gasteiger partial charge in [-0.3, -0.25) is 19.3 Å². The van der Waals surface area contributed by atoms with Crippen molar-refractivity contribution >= 4 is 40.4 Å². The molecule has 0 unspecified atom stereocenters. The molecular formula is C30H26N4O5. The zero-order chi connectivity index (χ0) is 27.4. The minimum absolute atomic E-state index is 0.0444. The van der Waals surface area contributed by atoms with E-state index in [-0.39, 0.29) is 11.3 Å². The van der Waals surface area contributed by atoms with E-state index < -0.39 is 41.9 Å². The summed E-state index contributed by atoms with van der Waals surface area (Å²) in [5.41, 5.74) is 4.89. The normalized spacial score (nSPS) is 19.1. The lowest BCUT2D eigenvalue weighted by Crippen LogP contribution is -2.44. The molecule has 9 heteroatoms. The monoisotopic (exact) mass is 522 g/mol. The van der Waals surface area contributed by atoms with E-state index in [2.05, 4.69) is 10.3 Å². The van der Waals surface area contributed by atoms with Gasteiger partial charge < -0.3 is 15.4 Å². The number of anilines is 1. The van der Waals surface area contributed by atoms with Crippen molar-refractivity contribution < 1.29 is 24.3 Å². The van der Waals surface area contributed by atoms with Gasteiger partial charge in [0.1, 0.15) is 18.1 Å². The van der Waals surface area contributed by atoms with Crippen molar-refractivity contribution in [2.24, 2.45) is 0 Å². The molecular weight excluding hydrogens is 496 g/mol. The van der Waals surface area contributed by atoms with Crippen LogP contribution in [0.25, 0.3) is 10.9 Å². The van der Waals surface area contributed by atoms with Crippen LogP contribution in [0.1, 0.15) is 45.7 Å². The molecule has 3 heterocycles. The fourth-order valence-corrected chi connectivity index (χ4v) is 5.59. The lowest BCUT2D eigenvalue weighted by atomic mass is 9.88. The van der Waals surface area contributed by atoms with Crippen molar-refractivity contribution in [2.75, 3.05) is 4.90 Å². The van der Waals surface area contributed by atoms with E-state index in [4.69, 9.17) is 0 Å². The molecule has 4 aromatic rings. The van der Waals surface area contributed by atoms with Gasteiger partial charge in [0.05, 0.1) is 11.3 Å². The SMILES string of the molecule is Cc1ccc([C@@H]2c3[nH]c4ccccc4c3C[C@H]3C(=O)N(c4ccccc4C(=O)N[C@H](C)C(=O)O)C(=O)N23)cc1. The van der Waals surface area contributed by atoms with E-state index in [1.54, 1.807) is 17.0 Å². The summed E-state index contributed by atoms with van der Waals surface area (Å²) in [4.78, 5) is 58.6. The van der Waals surface area contributed by atoms with E-state index in [1.165, 1.54) is 19.1 Å². The maximum atomic E-state index is 14.1. The molecule has 1 fully saturated rings. The summed E-state index contributed by atoms with van der Waals surface area (Å²) in [5.74, 6) is -2.31. The molecule has 3 N–H and O–H groups in total. The Balaban J connectivity index is 1.46. The number of aromatic nitrogens is 1. The van der Waals surface area contributed by atoms with E-state index in [0.29, 0.717) is 6.42 Å². The largest absolute Gasteiger partial charge is 0.480 e. The first-order chi connectivity index (χ1) is 18.8. The fraction of sp³-hybridized carbons (Fsp3) is 0.200. The van der Waals surface area contributed by atoms with Crippen molar-refractivity contribution in [1.29, 1.82) is 0 Å². The highest BCUT2D eigenvalue weighted by atomic mass is 16.4. The number of hydrogen-bond acceptors (Lipinski definition) is 4. The van der Waals surface area contributed by atoms with E-state index >= 15 is 0 Å². The van der Waals surface area contributed by atoms with Crippen LogP contribution < -0.4 is 10.2 Å². The molecule has 2 aliphatic heterocycles. The molecule has 0 aliphatic carbocycles. The number of urea groups is 1. The van der Waals surface area contributed by atoms with Gasteiger partial charge in [0.2, 0.25) is 0 Å². The molecule has 6 rings (SSSR count). The Kier molecular flexibility index (Phi) is 5.71. The Morgan fingerprint density at radius 3 is 2.44 bits per heavy atom. The second-order valence-electron chi connectivity index (χ2n) is 10.0. The van der Waals surface area contributed by atoms with Crippen LogP contribution in [0.5, 0.6) is 0 Å². The lowest BCUT2D eigenvalue weighted by Gasteiger charge is -2.36. The number of carboxylic acid groups (broad SMARTS) is 1. The van der Waals surface area contributed by atoms with Crippen LogP contribution in [0.15, 0.2) is 72.8 Å². The summed E-state index contributed by atoms with van der Waals surface area (Å²) < 4.78 is 0. The Morgan fingerprint density at radius 2 is 1.69 bits per heavy atom. The molecule has 9 nitrogen and oxygen atoms in total. The number of nitrogens with one attached hydrogen (secondary N) is 2. The number of imide groups is 1. The zero-order valence-corrected chi connectivity index (χ0v) is 21.3. The number of nitrogens with zero attached hydrogens (tertiary/aromatic N) is 2. The van der Waals surface area contributed by atoms with E-state index in [0.717, 1.165) is 38.2 Å². The maximum absolute atomic E-state index is 14.1. The summed E-state index contributed by atoms with van der Waals surface area (Å²) in [7, 11) is 0. The molecule has 3 atom stereocenters. The third kappa shape index (κ3) is 3.85. The summed E-state index contributed by atoms with van der Waals surface area (Å²) in [6.07, 6.45) is 0.327. The second-order valence-corrected chi connectivity index (χ2v) is 10.0. The average molecular weight is 523 g/mol. The number of carboxylic acids is 1. The molecule has 2 aliphatic rings. The van der Waals surface area contributed by atoms with Crippen LogP contribution >= 0.6 is 0 Å². The standard InChI is InChI=1S/C30H26N4O5/c1-16-11-13-18(14-12-16)26-25-21(19-7-3-5-9-22(19)32-25)15-24-28(36)34(30(39)33(24)26)23-10-6-4-8-20(23)27(35)31-17(2)29(37)38/h3-14,17,24,26,32H,15H2,1-2H3,(H,31,35)(H,37,38)/t17-,24+,26-/m1/s1. The Bertz CT molecular complexity index is 1660. The second kappa shape index (κ2) is 9.13. The summed E-state index contributed by atoms with van der Waals surface area (Å²) >= 11 is 0. The number of fused-ring (bicyclic) bond motifs is 4. The highest BCUT2D eigenvalue weighted by Gasteiger charge is 2.53. The molecule has 39 heavy (non-hydrogen) atoms. The van der Waals surface area contributed by atoms with Crippen molar-refractivity contribution in [1.82, 2.24) is 15.2 Å². The van der Waals surface area contributed by atoms with Gasteiger partial charge in [0, 0.05) is 23.0 Å². The van der Waals surface area contributed by atoms with Crippen molar-refractivity contribution in [3.8, 4) is 0 Å². The van der Waals surface area contributed by atoms with Gasteiger partial charge in [-0.2, -0.15) is 0 Å². The number of aryl methyl sites for hydroxylation is 1. The highest BCUT2D eigenvalue weighted by Crippen LogP contribution is 2.45. The minimum Gasteiger partial charge on any atom is -0.480 e. The van der Waals surface area contributed by atoms with E-state index in [9.17, 15) is 24.3 Å². The number of para-hydroxylation sites is 2. The summed E-state index contributed by atoms with van der Waals surface area (Å²) in [6.45, 7) is 3.33. The molecule has 0 spiro atoms. The van der Waals surface area contributed by atoms with Crippen LogP contribution in [0.4, 0.5) is 10.5 Å². The molecule has 3 aromatic carbocycles. The predicted molar refractivity (Wildman–Crippen MR) is 145 cm³/mol. The number of aliphatic carboxylic acids is 1. The minimum atomic E-state index is -1.19. The molecule has 0 bridgehead atoms. The number of amides is 4. The van der Waals surface area contributed by atoms with Gasteiger partial charge in [-0.05, 0) is 43.2 Å². The molecule has 1 aromatic heterocycles. The van der Waals surface area contributed by atoms with Crippen molar-refractivity contribution in [3.63, 3.8) is 0 Å². The predicted octanol–water partition coefficient (Wildman–Crippen LogP) is 4.16. The van der Waals surface area contributed by atoms with Gasteiger partial charge in [-0.25, -0.2) is 9.69 Å². The van der Waals surface area contributed by atoms with Gasteiger partial charge >= 0.3 is 12.0 Å². The van der Waals surface area contributed by atoms with Crippen molar-refractivity contribution in [2.45, 2.75) is 38.4 Å². The van der Waals surface area contributed by atoms with Crippen LogP contribution in [-0.2, 0) is 16.0 Å². The van der Waals surface area contributed by atoms with E-state index in [1.807, 2.05) is 55.5 Å². The Hall–Kier alpha value is -4.92. The average Bonchev–Trinajstić information content (AvgIpc) is 3.42. The van der Waals surface area contributed by atoms with Gasteiger partial charge in [-0.1, -0.05) is 60.2 Å². The lowest BCUT2D eigenvalue weighted by molar-refractivity contribution is -0.138. The Labute approximate surface area is 224 Å². The van der Waals surface area contributed by atoms with Gasteiger partial charge in [0.25, 0.3) is 11.8 Å². The maximum Gasteiger partial charge on any atom is 0.332 e. The molecule has 0 radical (unpaired) electrons. The van der Waals surface area contributed by atoms with Gasteiger partial charge in [-0.15, -0.1) is 0 Å².